The number of aryl methyl sites for hydroxylation is 3. The van der Waals surface area contributed by atoms with E-state index in [1.54, 1.807) is 12.1 Å². The van der Waals surface area contributed by atoms with Crippen LogP contribution in [0.2, 0.25) is 0 Å². The van der Waals surface area contributed by atoms with Crippen LogP contribution in [0.5, 0.6) is 11.5 Å². The molecule has 0 aromatic heterocycles. The lowest BCUT2D eigenvalue weighted by Gasteiger charge is -2.33. The van der Waals surface area contributed by atoms with E-state index < -0.39 is 11.8 Å². The Bertz CT molecular complexity index is 1280. The summed E-state index contributed by atoms with van der Waals surface area (Å²) in [7, 11) is 0. The second-order valence-electron chi connectivity index (χ2n) is 11.0. The van der Waals surface area contributed by atoms with Crippen LogP contribution < -0.4 is 14.8 Å². The minimum absolute atomic E-state index is 0.0471. The third kappa shape index (κ3) is 8.21. The fraction of sp³-hybridized carbons (Fsp3) is 0.424. The highest BCUT2D eigenvalue weighted by Gasteiger charge is 2.23. The molecule has 1 aliphatic rings. The number of benzene rings is 3. The van der Waals surface area contributed by atoms with Crippen molar-refractivity contribution < 1.29 is 23.8 Å². The molecule has 1 aliphatic heterocycles. The SMILES string of the molecule is Cc1cccc(C)c1OC1CCN(Cc2ccc(CNc3ccc(CCC(=O)O)c(F)c3)cc2OC(C)C)CC1. The number of halogens is 1. The number of hydrogen-bond donors (Lipinski definition) is 2. The maximum Gasteiger partial charge on any atom is 0.303 e. The van der Waals surface area contributed by atoms with Gasteiger partial charge in [-0.1, -0.05) is 36.4 Å². The summed E-state index contributed by atoms with van der Waals surface area (Å²) in [5, 5.41) is 12.1. The molecule has 0 atom stereocenters. The van der Waals surface area contributed by atoms with E-state index in [4.69, 9.17) is 14.6 Å². The minimum atomic E-state index is -0.934. The Morgan fingerprint density at radius 2 is 1.75 bits per heavy atom. The molecule has 2 N–H and O–H groups in total. The van der Waals surface area contributed by atoms with Crippen LogP contribution in [-0.2, 0) is 24.3 Å². The zero-order chi connectivity index (χ0) is 28.6. The average molecular weight is 549 g/mol. The lowest BCUT2D eigenvalue weighted by molar-refractivity contribution is -0.136. The Labute approximate surface area is 237 Å². The normalized spacial score (nSPS) is 14.3. The van der Waals surface area contributed by atoms with Crippen molar-refractivity contribution in [1.29, 1.82) is 0 Å². The molecule has 214 valence electrons. The molecular formula is C33H41FN2O4. The second kappa shape index (κ2) is 13.7. The predicted molar refractivity (Wildman–Crippen MR) is 157 cm³/mol. The highest BCUT2D eigenvalue weighted by molar-refractivity contribution is 5.67. The molecule has 0 aliphatic carbocycles. The summed E-state index contributed by atoms with van der Waals surface area (Å²) in [5.41, 5.74) is 5.62. The van der Waals surface area contributed by atoms with E-state index in [9.17, 15) is 9.18 Å². The molecule has 40 heavy (non-hydrogen) atoms. The Hall–Kier alpha value is -3.58. The van der Waals surface area contributed by atoms with E-state index in [0.717, 1.165) is 55.1 Å². The smallest absolute Gasteiger partial charge is 0.303 e. The molecule has 6 nitrogen and oxygen atoms in total. The number of nitrogens with zero attached hydrogens (tertiary/aromatic N) is 1. The number of rotatable bonds is 12. The van der Waals surface area contributed by atoms with Gasteiger partial charge >= 0.3 is 5.97 Å². The van der Waals surface area contributed by atoms with Crippen LogP contribution >= 0.6 is 0 Å². The van der Waals surface area contributed by atoms with Crippen LogP contribution in [0.1, 0.15) is 60.9 Å². The number of anilines is 1. The molecule has 0 unspecified atom stereocenters. The number of nitrogens with one attached hydrogen (secondary N) is 1. The monoisotopic (exact) mass is 548 g/mol. The molecule has 1 heterocycles. The lowest BCUT2D eigenvalue weighted by Crippen LogP contribution is -2.38. The Balaban J connectivity index is 1.35. The van der Waals surface area contributed by atoms with Gasteiger partial charge in [-0.05, 0) is 87.4 Å². The van der Waals surface area contributed by atoms with Gasteiger partial charge in [-0.3, -0.25) is 9.69 Å². The van der Waals surface area contributed by atoms with Crippen molar-refractivity contribution >= 4 is 11.7 Å². The third-order valence-corrected chi connectivity index (χ3v) is 7.27. The topological polar surface area (TPSA) is 71.0 Å². The lowest BCUT2D eigenvalue weighted by atomic mass is 10.0. The zero-order valence-electron chi connectivity index (χ0n) is 24.0. The maximum atomic E-state index is 14.4. The van der Waals surface area contributed by atoms with Crippen LogP contribution in [0.15, 0.2) is 54.6 Å². The summed E-state index contributed by atoms with van der Waals surface area (Å²) in [4.78, 5) is 13.2. The van der Waals surface area contributed by atoms with Crippen molar-refractivity contribution in [2.24, 2.45) is 0 Å². The molecule has 0 spiro atoms. The molecule has 3 aromatic carbocycles. The molecule has 1 saturated heterocycles. The highest BCUT2D eigenvalue weighted by atomic mass is 19.1. The molecule has 7 heteroatoms. The zero-order valence-corrected chi connectivity index (χ0v) is 24.0. The van der Waals surface area contributed by atoms with E-state index in [-0.39, 0.29) is 25.0 Å². The number of aliphatic carboxylic acids is 1. The van der Waals surface area contributed by atoms with Crippen molar-refractivity contribution in [3.8, 4) is 11.5 Å². The van der Waals surface area contributed by atoms with Crippen molar-refractivity contribution in [3.05, 3.63) is 88.2 Å². The maximum absolute atomic E-state index is 14.4. The first-order valence-corrected chi connectivity index (χ1v) is 14.2. The largest absolute Gasteiger partial charge is 0.491 e. The van der Waals surface area contributed by atoms with Gasteiger partial charge in [0.25, 0.3) is 0 Å². The molecule has 0 saturated carbocycles. The number of hydrogen-bond acceptors (Lipinski definition) is 5. The van der Waals surface area contributed by atoms with E-state index >= 15 is 0 Å². The summed E-state index contributed by atoms with van der Waals surface area (Å²) in [6.07, 6.45) is 2.34. The van der Waals surface area contributed by atoms with E-state index in [1.165, 1.54) is 17.2 Å². The van der Waals surface area contributed by atoms with Crippen molar-refractivity contribution in [2.75, 3.05) is 18.4 Å². The molecule has 0 radical (unpaired) electrons. The molecule has 4 rings (SSSR count). The highest BCUT2D eigenvalue weighted by Crippen LogP contribution is 2.29. The van der Waals surface area contributed by atoms with Crippen LogP contribution in [0.3, 0.4) is 0 Å². The minimum Gasteiger partial charge on any atom is -0.491 e. The average Bonchev–Trinajstić information content (AvgIpc) is 2.91. The van der Waals surface area contributed by atoms with Gasteiger partial charge in [-0.2, -0.15) is 0 Å². The predicted octanol–water partition coefficient (Wildman–Crippen LogP) is 6.90. The van der Waals surface area contributed by atoms with Crippen molar-refractivity contribution in [1.82, 2.24) is 4.90 Å². The van der Waals surface area contributed by atoms with Gasteiger partial charge in [0.15, 0.2) is 0 Å². The molecule has 1 fully saturated rings. The Kier molecular flexibility index (Phi) is 10.0. The number of piperidine rings is 1. The first kappa shape index (κ1) is 29.4. The Morgan fingerprint density at radius 3 is 2.40 bits per heavy atom. The number of carbonyl (C=O) groups is 1. The van der Waals surface area contributed by atoms with Gasteiger partial charge in [-0.15, -0.1) is 0 Å². The van der Waals surface area contributed by atoms with E-state index in [1.807, 2.05) is 13.8 Å². The summed E-state index contributed by atoms with van der Waals surface area (Å²) >= 11 is 0. The quantitative estimate of drug-likeness (QED) is 0.257. The van der Waals surface area contributed by atoms with Gasteiger partial charge in [0.1, 0.15) is 23.4 Å². The summed E-state index contributed by atoms with van der Waals surface area (Å²) in [6, 6.07) is 17.4. The van der Waals surface area contributed by atoms with Gasteiger partial charge in [0.05, 0.1) is 6.10 Å². The summed E-state index contributed by atoms with van der Waals surface area (Å²) in [5.74, 6) is 0.567. The summed E-state index contributed by atoms with van der Waals surface area (Å²) in [6.45, 7) is 11.5. The third-order valence-electron chi connectivity index (χ3n) is 7.27. The number of likely N-dealkylation sites (tertiary alicyclic amines) is 1. The molecule has 0 amide bonds. The second-order valence-corrected chi connectivity index (χ2v) is 11.0. The first-order valence-electron chi connectivity index (χ1n) is 14.2. The molecule has 0 bridgehead atoms. The number of carboxylic acids is 1. The van der Waals surface area contributed by atoms with Gasteiger partial charge in [0, 0.05) is 43.9 Å². The van der Waals surface area contributed by atoms with Crippen molar-refractivity contribution in [2.45, 2.75) is 78.7 Å². The molecular weight excluding hydrogens is 507 g/mol. The van der Waals surface area contributed by atoms with E-state index in [0.29, 0.717) is 17.8 Å². The number of carboxylic acid groups (broad SMARTS) is 1. The fourth-order valence-electron chi connectivity index (χ4n) is 5.09. The van der Waals surface area contributed by atoms with Gasteiger partial charge in [-0.25, -0.2) is 4.39 Å². The fourth-order valence-corrected chi connectivity index (χ4v) is 5.09. The first-order chi connectivity index (χ1) is 19.2. The summed E-state index contributed by atoms with van der Waals surface area (Å²) < 4.78 is 27.0. The van der Waals surface area contributed by atoms with Gasteiger partial charge in [0.2, 0.25) is 0 Å². The van der Waals surface area contributed by atoms with Crippen LogP contribution in [-0.4, -0.2) is 41.3 Å². The van der Waals surface area contributed by atoms with Crippen LogP contribution in [0.25, 0.3) is 0 Å². The van der Waals surface area contributed by atoms with E-state index in [2.05, 4.69) is 60.5 Å². The Morgan fingerprint density at radius 1 is 1.05 bits per heavy atom. The standard InChI is InChI=1S/C33H41FN2O4/c1-22(2)39-31-18-25(20-35-28-12-10-26(30(34)19-28)11-13-32(37)38)8-9-27(31)21-36-16-14-29(15-17-36)40-33-23(3)6-5-7-24(33)4/h5-10,12,18-19,22,29,35H,11,13-17,20-21H2,1-4H3,(H,37,38). The van der Waals surface area contributed by atoms with Crippen molar-refractivity contribution in [3.63, 3.8) is 0 Å². The van der Waals surface area contributed by atoms with Crippen LogP contribution in [0, 0.1) is 19.7 Å². The molecule has 3 aromatic rings. The van der Waals surface area contributed by atoms with Crippen LogP contribution in [0.4, 0.5) is 10.1 Å². The number of ether oxygens (including phenoxy) is 2. The number of para-hydroxylation sites is 1. The van der Waals surface area contributed by atoms with Gasteiger partial charge < -0.3 is 19.9 Å².